The Morgan fingerprint density at radius 2 is 2.12 bits per heavy atom. The maximum absolute atomic E-state index is 13.6. The van der Waals surface area contributed by atoms with Gasteiger partial charge in [0.25, 0.3) is 5.56 Å². The molecule has 2 rings (SSSR count). The van der Waals surface area contributed by atoms with Crippen LogP contribution in [0.2, 0.25) is 0 Å². The number of halogens is 1. The average molecular weight is 228 g/mol. The van der Waals surface area contributed by atoms with Crippen LogP contribution < -0.4 is 5.56 Å². The first kappa shape index (κ1) is 11.1. The minimum atomic E-state index is -0.472. The first-order valence-corrected chi connectivity index (χ1v) is 5.05. The van der Waals surface area contributed by atoms with Gasteiger partial charge in [0.05, 0.1) is 18.2 Å². The van der Waals surface area contributed by atoms with Crippen LogP contribution in [0, 0.1) is 17.1 Å². The highest BCUT2D eigenvalue weighted by Gasteiger charge is 2.04. The standard InChI is InChI=1S/C13H9FN2O/c14-12-7-10(8-15)4-5-11(12)9-16-6-2-1-3-13(16)17/h1-7H,9H2. The van der Waals surface area contributed by atoms with Crippen LogP contribution in [0.15, 0.2) is 47.4 Å². The molecule has 0 aliphatic carbocycles. The van der Waals surface area contributed by atoms with Crippen molar-refractivity contribution in [1.29, 1.82) is 5.26 Å². The quantitative estimate of drug-likeness (QED) is 0.788. The molecule has 1 aromatic carbocycles. The summed E-state index contributed by atoms with van der Waals surface area (Å²) in [6.45, 7) is 0.164. The largest absolute Gasteiger partial charge is 0.311 e. The molecule has 4 heteroatoms. The predicted molar refractivity (Wildman–Crippen MR) is 60.9 cm³/mol. The second-order valence-corrected chi connectivity index (χ2v) is 3.58. The summed E-state index contributed by atoms with van der Waals surface area (Å²) in [6.07, 6.45) is 1.60. The molecule has 2 aromatic rings. The van der Waals surface area contributed by atoms with Gasteiger partial charge < -0.3 is 4.57 Å². The van der Waals surface area contributed by atoms with Crippen LogP contribution in [-0.4, -0.2) is 4.57 Å². The maximum Gasteiger partial charge on any atom is 0.250 e. The Kier molecular flexibility index (Phi) is 3.01. The highest BCUT2D eigenvalue weighted by atomic mass is 19.1. The molecule has 0 radical (unpaired) electrons. The van der Waals surface area contributed by atoms with Gasteiger partial charge in [0.2, 0.25) is 0 Å². The van der Waals surface area contributed by atoms with Gasteiger partial charge in [0.15, 0.2) is 0 Å². The molecule has 0 bridgehead atoms. The van der Waals surface area contributed by atoms with Gasteiger partial charge in [-0.1, -0.05) is 12.1 Å². The monoisotopic (exact) mass is 228 g/mol. The molecule has 0 atom stereocenters. The van der Waals surface area contributed by atoms with Gasteiger partial charge in [-0.05, 0) is 18.2 Å². The van der Waals surface area contributed by atoms with Crippen molar-refractivity contribution in [3.63, 3.8) is 0 Å². The highest BCUT2D eigenvalue weighted by Crippen LogP contribution is 2.10. The first-order valence-electron chi connectivity index (χ1n) is 5.05. The van der Waals surface area contributed by atoms with Crippen molar-refractivity contribution in [2.75, 3.05) is 0 Å². The van der Waals surface area contributed by atoms with Crippen LogP contribution in [0.4, 0.5) is 4.39 Å². The van der Waals surface area contributed by atoms with Crippen molar-refractivity contribution < 1.29 is 4.39 Å². The number of hydrogen-bond acceptors (Lipinski definition) is 2. The molecule has 0 aliphatic heterocycles. The summed E-state index contributed by atoms with van der Waals surface area (Å²) >= 11 is 0. The minimum Gasteiger partial charge on any atom is -0.311 e. The van der Waals surface area contributed by atoms with Crippen molar-refractivity contribution in [3.8, 4) is 6.07 Å². The van der Waals surface area contributed by atoms with E-state index in [1.165, 1.54) is 28.8 Å². The molecule has 0 saturated heterocycles. The van der Waals surface area contributed by atoms with Crippen LogP contribution in [-0.2, 0) is 6.54 Å². The van der Waals surface area contributed by atoms with Gasteiger partial charge in [-0.2, -0.15) is 5.26 Å². The van der Waals surface area contributed by atoms with Gasteiger partial charge in [-0.15, -0.1) is 0 Å². The molecule has 3 nitrogen and oxygen atoms in total. The zero-order chi connectivity index (χ0) is 12.3. The zero-order valence-electron chi connectivity index (χ0n) is 8.93. The second kappa shape index (κ2) is 4.62. The second-order valence-electron chi connectivity index (χ2n) is 3.58. The van der Waals surface area contributed by atoms with Gasteiger partial charge in [-0.25, -0.2) is 4.39 Å². The Bertz CT molecular complexity index is 640. The number of rotatable bonds is 2. The third kappa shape index (κ3) is 2.40. The van der Waals surface area contributed by atoms with Crippen molar-refractivity contribution in [2.45, 2.75) is 6.54 Å². The molecular weight excluding hydrogens is 219 g/mol. The van der Waals surface area contributed by atoms with Crippen molar-refractivity contribution in [3.05, 3.63) is 69.9 Å². The Labute approximate surface area is 97.4 Å². The maximum atomic E-state index is 13.6. The van der Waals surface area contributed by atoms with Crippen molar-refractivity contribution in [1.82, 2.24) is 4.57 Å². The summed E-state index contributed by atoms with van der Waals surface area (Å²) in [5.41, 5.74) is 0.472. The molecule has 0 amide bonds. The lowest BCUT2D eigenvalue weighted by Gasteiger charge is -2.06. The predicted octanol–water partition coefficient (Wildman–Crippen LogP) is 1.91. The molecule has 1 heterocycles. The van der Waals surface area contributed by atoms with E-state index in [1.54, 1.807) is 18.3 Å². The fraction of sp³-hybridized carbons (Fsp3) is 0.0769. The lowest BCUT2D eigenvalue weighted by Crippen LogP contribution is -2.18. The molecule has 84 valence electrons. The number of aromatic nitrogens is 1. The zero-order valence-corrected chi connectivity index (χ0v) is 8.93. The lowest BCUT2D eigenvalue weighted by molar-refractivity contribution is 0.596. The van der Waals surface area contributed by atoms with E-state index >= 15 is 0 Å². The fourth-order valence-electron chi connectivity index (χ4n) is 1.52. The number of hydrogen-bond donors (Lipinski definition) is 0. The molecule has 17 heavy (non-hydrogen) atoms. The van der Waals surface area contributed by atoms with Crippen LogP contribution in [0.5, 0.6) is 0 Å². The van der Waals surface area contributed by atoms with E-state index in [9.17, 15) is 9.18 Å². The molecular formula is C13H9FN2O. The van der Waals surface area contributed by atoms with Crippen molar-refractivity contribution in [2.24, 2.45) is 0 Å². The van der Waals surface area contributed by atoms with E-state index in [-0.39, 0.29) is 17.7 Å². The Balaban J connectivity index is 2.35. The third-order valence-corrected chi connectivity index (χ3v) is 2.42. The highest BCUT2D eigenvalue weighted by molar-refractivity contribution is 5.33. The Morgan fingerprint density at radius 1 is 1.29 bits per heavy atom. The number of benzene rings is 1. The lowest BCUT2D eigenvalue weighted by atomic mass is 10.1. The summed E-state index contributed by atoms with van der Waals surface area (Å²) in [4.78, 5) is 11.4. The fourth-order valence-corrected chi connectivity index (χ4v) is 1.52. The third-order valence-electron chi connectivity index (χ3n) is 2.42. The molecule has 0 fully saturated rings. The summed E-state index contributed by atoms with van der Waals surface area (Å²) in [5.74, 6) is -0.472. The van der Waals surface area contributed by atoms with E-state index in [4.69, 9.17) is 5.26 Å². The van der Waals surface area contributed by atoms with Gasteiger partial charge >= 0.3 is 0 Å². The summed E-state index contributed by atoms with van der Waals surface area (Å²) < 4.78 is 15.0. The van der Waals surface area contributed by atoms with E-state index in [1.807, 2.05) is 6.07 Å². The first-order chi connectivity index (χ1) is 8.20. The van der Waals surface area contributed by atoms with E-state index in [2.05, 4.69) is 0 Å². The van der Waals surface area contributed by atoms with Gasteiger partial charge in [0, 0.05) is 17.8 Å². The topological polar surface area (TPSA) is 45.8 Å². The van der Waals surface area contributed by atoms with Gasteiger partial charge in [0.1, 0.15) is 5.82 Å². The number of nitriles is 1. The van der Waals surface area contributed by atoms with Crippen molar-refractivity contribution >= 4 is 0 Å². The summed E-state index contributed by atoms with van der Waals surface area (Å²) in [6, 6.07) is 10.8. The summed E-state index contributed by atoms with van der Waals surface area (Å²) in [5, 5.41) is 8.61. The van der Waals surface area contributed by atoms with Crippen LogP contribution in [0.1, 0.15) is 11.1 Å². The number of nitrogens with zero attached hydrogens (tertiary/aromatic N) is 2. The Hall–Kier alpha value is -2.41. The van der Waals surface area contributed by atoms with Crippen LogP contribution in [0.25, 0.3) is 0 Å². The Morgan fingerprint density at radius 3 is 2.76 bits per heavy atom. The normalized spacial score (nSPS) is 9.88. The van der Waals surface area contributed by atoms with Gasteiger partial charge in [-0.3, -0.25) is 4.79 Å². The average Bonchev–Trinajstić information content (AvgIpc) is 2.34. The summed E-state index contributed by atoms with van der Waals surface area (Å²) in [7, 11) is 0. The van der Waals surface area contributed by atoms with Crippen LogP contribution >= 0.6 is 0 Å². The van der Waals surface area contributed by atoms with E-state index in [0.29, 0.717) is 5.56 Å². The molecule has 0 saturated carbocycles. The van der Waals surface area contributed by atoms with Crippen LogP contribution in [0.3, 0.4) is 0 Å². The SMILES string of the molecule is N#Cc1ccc(Cn2ccccc2=O)c(F)c1. The molecule has 0 N–H and O–H groups in total. The van der Waals surface area contributed by atoms with E-state index in [0.717, 1.165) is 0 Å². The van der Waals surface area contributed by atoms with E-state index < -0.39 is 5.82 Å². The molecule has 1 aromatic heterocycles. The molecule has 0 unspecified atom stereocenters. The minimum absolute atomic E-state index is 0.164. The number of pyridine rings is 1. The molecule has 0 spiro atoms. The smallest absolute Gasteiger partial charge is 0.250 e. The molecule has 0 aliphatic rings.